The number of carbonyl (C=O) groups is 1. The molecular formula is C16H16ClNO. The highest BCUT2D eigenvalue weighted by Crippen LogP contribution is 2.20. The first-order valence-electron chi connectivity index (χ1n) is 6.20. The van der Waals surface area contributed by atoms with Crippen LogP contribution >= 0.6 is 12.4 Å². The van der Waals surface area contributed by atoms with Crippen LogP contribution in [-0.4, -0.2) is 17.2 Å². The van der Waals surface area contributed by atoms with Crippen LogP contribution in [-0.2, 0) is 13.1 Å². The van der Waals surface area contributed by atoms with Crippen LogP contribution in [0.15, 0.2) is 54.6 Å². The molecule has 3 rings (SSSR count). The van der Waals surface area contributed by atoms with Gasteiger partial charge >= 0.3 is 0 Å². The lowest BCUT2D eigenvalue weighted by Crippen LogP contribution is -2.34. The van der Waals surface area contributed by atoms with Gasteiger partial charge < -0.3 is 0 Å². The summed E-state index contributed by atoms with van der Waals surface area (Å²) in [5, 5.41) is 0. The minimum Gasteiger partial charge on any atom is -0.293 e. The van der Waals surface area contributed by atoms with Gasteiger partial charge in [0.2, 0.25) is 0 Å². The summed E-state index contributed by atoms with van der Waals surface area (Å²) in [7, 11) is 0. The van der Waals surface area contributed by atoms with Crippen molar-refractivity contribution in [2.24, 2.45) is 0 Å². The van der Waals surface area contributed by atoms with Gasteiger partial charge in [0.15, 0.2) is 5.78 Å². The largest absolute Gasteiger partial charge is 0.293 e. The maximum absolute atomic E-state index is 12.0. The Bertz CT molecular complexity index is 568. The topological polar surface area (TPSA) is 20.3 Å². The van der Waals surface area contributed by atoms with Gasteiger partial charge in [-0.05, 0) is 11.1 Å². The minimum atomic E-state index is 0. The summed E-state index contributed by atoms with van der Waals surface area (Å²) >= 11 is 0. The number of halogens is 1. The Morgan fingerprint density at radius 1 is 0.895 bits per heavy atom. The molecule has 2 aromatic rings. The van der Waals surface area contributed by atoms with Crippen molar-refractivity contribution in [2.75, 3.05) is 6.54 Å². The van der Waals surface area contributed by atoms with Crippen LogP contribution in [0.1, 0.15) is 21.5 Å². The zero-order valence-corrected chi connectivity index (χ0v) is 11.4. The number of benzene rings is 2. The molecule has 0 aromatic heterocycles. The maximum atomic E-state index is 12.0. The summed E-state index contributed by atoms with van der Waals surface area (Å²) in [5.41, 5.74) is 3.29. The lowest BCUT2D eigenvalue weighted by molar-refractivity contribution is 0.0894. The second-order valence-electron chi connectivity index (χ2n) is 4.71. The molecule has 0 bridgehead atoms. The van der Waals surface area contributed by atoms with E-state index in [-0.39, 0.29) is 18.2 Å². The predicted molar refractivity (Wildman–Crippen MR) is 78.6 cm³/mol. The second kappa shape index (κ2) is 6.00. The van der Waals surface area contributed by atoms with Crippen LogP contribution in [0, 0.1) is 0 Å². The van der Waals surface area contributed by atoms with Gasteiger partial charge in [0.1, 0.15) is 0 Å². The number of rotatable bonds is 2. The zero-order chi connectivity index (χ0) is 12.4. The third kappa shape index (κ3) is 3.03. The van der Waals surface area contributed by atoms with Gasteiger partial charge in [0.25, 0.3) is 0 Å². The Morgan fingerprint density at radius 2 is 1.58 bits per heavy atom. The van der Waals surface area contributed by atoms with Crippen molar-refractivity contribution in [1.29, 1.82) is 0 Å². The molecule has 1 aliphatic heterocycles. The van der Waals surface area contributed by atoms with Crippen molar-refractivity contribution in [3.05, 3.63) is 71.3 Å². The van der Waals surface area contributed by atoms with Crippen LogP contribution in [0.2, 0.25) is 0 Å². The smallest absolute Gasteiger partial charge is 0.177 e. The SMILES string of the molecule is Cl.O=C1CN(Cc2ccccc2)Cc2ccccc21. The summed E-state index contributed by atoms with van der Waals surface area (Å²) in [5.74, 6) is 0.229. The van der Waals surface area contributed by atoms with Crippen molar-refractivity contribution >= 4 is 18.2 Å². The number of ketones is 1. The van der Waals surface area contributed by atoms with Gasteiger partial charge in [-0.15, -0.1) is 12.4 Å². The normalized spacial score (nSPS) is 14.6. The minimum absolute atomic E-state index is 0. The number of nitrogens with zero attached hydrogens (tertiary/aromatic N) is 1. The molecule has 0 spiro atoms. The van der Waals surface area contributed by atoms with Crippen molar-refractivity contribution in [3.8, 4) is 0 Å². The average molecular weight is 274 g/mol. The van der Waals surface area contributed by atoms with E-state index in [1.807, 2.05) is 42.5 Å². The summed E-state index contributed by atoms with van der Waals surface area (Å²) < 4.78 is 0. The monoisotopic (exact) mass is 273 g/mol. The fraction of sp³-hybridized carbons (Fsp3) is 0.188. The van der Waals surface area contributed by atoms with E-state index in [0.717, 1.165) is 24.2 Å². The van der Waals surface area contributed by atoms with Gasteiger partial charge in [0.05, 0.1) is 6.54 Å². The molecule has 19 heavy (non-hydrogen) atoms. The van der Waals surface area contributed by atoms with Crippen LogP contribution in [0.4, 0.5) is 0 Å². The van der Waals surface area contributed by atoms with Crippen molar-refractivity contribution in [3.63, 3.8) is 0 Å². The molecule has 1 aliphatic rings. The lowest BCUT2D eigenvalue weighted by Gasteiger charge is -2.27. The van der Waals surface area contributed by atoms with Crippen LogP contribution in [0.3, 0.4) is 0 Å². The molecule has 0 amide bonds. The number of hydrogen-bond donors (Lipinski definition) is 0. The summed E-state index contributed by atoms with van der Waals surface area (Å²) in [4.78, 5) is 14.2. The van der Waals surface area contributed by atoms with Crippen LogP contribution in [0.5, 0.6) is 0 Å². The Balaban J connectivity index is 0.00000133. The van der Waals surface area contributed by atoms with Crippen LogP contribution < -0.4 is 0 Å². The summed E-state index contributed by atoms with van der Waals surface area (Å²) in [6.07, 6.45) is 0. The Labute approximate surface area is 119 Å². The van der Waals surface area contributed by atoms with E-state index in [4.69, 9.17) is 0 Å². The third-order valence-electron chi connectivity index (χ3n) is 3.33. The van der Waals surface area contributed by atoms with Gasteiger partial charge in [-0.3, -0.25) is 9.69 Å². The van der Waals surface area contributed by atoms with Gasteiger partial charge in [0, 0.05) is 18.7 Å². The van der Waals surface area contributed by atoms with E-state index in [9.17, 15) is 4.79 Å². The first kappa shape index (κ1) is 13.8. The predicted octanol–water partition coefficient (Wildman–Crippen LogP) is 3.31. The van der Waals surface area contributed by atoms with E-state index in [1.54, 1.807) is 0 Å². The van der Waals surface area contributed by atoms with Gasteiger partial charge in [-0.1, -0.05) is 54.6 Å². The first-order chi connectivity index (χ1) is 8.83. The van der Waals surface area contributed by atoms with Crippen molar-refractivity contribution in [1.82, 2.24) is 4.90 Å². The lowest BCUT2D eigenvalue weighted by atomic mass is 9.98. The molecule has 98 valence electrons. The molecular weight excluding hydrogens is 258 g/mol. The molecule has 0 fully saturated rings. The van der Waals surface area contributed by atoms with E-state index in [2.05, 4.69) is 17.0 Å². The van der Waals surface area contributed by atoms with E-state index < -0.39 is 0 Å². The van der Waals surface area contributed by atoms with E-state index >= 15 is 0 Å². The fourth-order valence-electron chi connectivity index (χ4n) is 2.47. The zero-order valence-electron chi connectivity index (χ0n) is 10.6. The summed E-state index contributed by atoms with van der Waals surface area (Å²) in [6, 6.07) is 18.2. The second-order valence-corrected chi connectivity index (χ2v) is 4.71. The molecule has 0 atom stereocenters. The Hall–Kier alpha value is -1.64. The number of fused-ring (bicyclic) bond motifs is 1. The average Bonchev–Trinajstić information content (AvgIpc) is 2.40. The Morgan fingerprint density at radius 3 is 2.37 bits per heavy atom. The third-order valence-corrected chi connectivity index (χ3v) is 3.33. The fourth-order valence-corrected chi connectivity index (χ4v) is 2.47. The molecule has 0 aliphatic carbocycles. The molecule has 2 aromatic carbocycles. The molecule has 1 heterocycles. The molecule has 2 nitrogen and oxygen atoms in total. The number of carbonyl (C=O) groups excluding carboxylic acids is 1. The number of hydrogen-bond acceptors (Lipinski definition) is 2. The highest BCUT2D eigenvalue weighted by atomic mass is 35.5. The van der Waals surface area contributed by atoms with Crippen LogP contribution in [0.25, 0.3) is 0 Å². The maximum Gasteiger partial charge on any atom is 0.177 e. The number of Topliss-reactive ketones (excluding diaryl/α,β-unsaturated/α-hetero) is 1. The molecule has 0 N–H and O–H groups in total. The molecule has 0 saturated carbocycles. The van der Waals surface area contributed by atoms with Gasteiger partial charge in [-0.25, -0.2) is 0 Å². The molecule has 0 radical (unpaired) electrons. The quantitative estimate of drug-likeness (QED) is 0.837. The van der Waals surface area contributed by atoms with E-state index in [0.29, 0.717) is 6.54 Å². The Kier molecular flexibility index (Phi) is 4.35. The van der Waals surface area contributed by atoms with Crippen molar-refractivity contribution < 1.29 is 4.79 Å². The summed E-state index contributed by atoms with van der Waals surface area (Å²) in [6.45, 7) is 2.21. The highest BCUT2D eigenvalue weighted by Gasteiger charge is 2.22. The van der Waals surface area contributed by atoms with E-state index in [1.165, 1.54) is 5.56 Å². The molecule has 0 saturated heterocycles. The standard InChI is InChI=1S/C16H15NO.ClH/c18-16-12-17(10-13-6-2-1-3-7-13)11-14-8-4-5-9-15(14)16;/h1-9H,10-12H2;1H. The first-order valence-corrected chi connectivity index (χ1v) is 6.20. The molecule has 0 unspecified atom stereocenters. The highest BCUT2D eigenvalue weighted by molar-refractivity contribution is 5.99. The van der Waals surface area contributed by atoms with Crippen molar-refractivity contribution in [2.45, 2.75) is 13.1 Å². The van der Waals surface area contributed by atoms with Gasteiger partial charge in [-0.2, -0.15) is 0 Å². The molecule has 3 heteroatoms.